The number of rotatable bonds is 4. The number of nitrogens with zero attached hydrogens (tertiary/aromatic N) is 2. The highest BCUT2D eigenvalue weighted by Crippen LogP contribution is 2.24. The first-order valence-corrected chi connectivity index (χ1v) is 5.93. The van der Waals surface area contributed by atoms with Crippen LogP contribution in [0.1, 0.15) is 27.7 Å². The first-order valence-electron chi connectivity index (χ1n) is 5.93. The predicted octanol–water partition coefficient (Wildman–Crippen LogP) is 1.87. The largest absolute Gasteiger partial charge is 0.394 e. The third-order valence-corrected chi connectivity index (χ3v) is 2.95. The Bertz CT molecular complexity index is 368. The number of amides is 1. The number of anilines is 2. The lowest BCUT2D eigenvalue weighted by Crippen LogP contribution is -2.31. The molecule has 3 N–H and O–H groups in total. The molecular formula is C12H22N4O. The van der Waals surface area contributed by atoms with Gasteiger partial charge in [-0.05, 0) is 11.8 Å². The Kier molecular flexibility index (Phi) is 4.15. The first-order chi connectivity index (χ1) is 7.84. The summed E-state index contributed by atoms with van der Waals surface area (Å²) in [6.07, 6.45) is 1.54. The maximum atomic E-state index is 12.2. The van der Waals surface area contributed by atoms with Crippen LogP contribution in [0.3, 0.4) is 0 Å². The molecule has 5 heteroatoms. The molecule has 5 nitrogen and oxygen atoms in total. The summed E-state index contributed by atoms with van der Waals surface area (Å²) in [4.78, 5) is 12.2. The number of aryl methyl sites for hydroxylation is 1. The van der Waals surface area contributed by atoms with Crippen molar-refractivity contribution in [3.8, 4) is 0 Å². The highest BCUT2D eigenvalue weighted by molar-refractivity contribution is 5.94. The summed E-state index contributed by atoms with van der Waals surface area (Å²) >= 11 is 0. The number of nitrogens with two attached hydrogens (primary N) is 1. The van der Waals surface area contributed by atoms with Crippen molar-refractivity contribution >= 4 is 17.4 Å². The van der Waals surface area contributed by atoms with E-state index in [1.165, 1.54) is 6.20 Å². The van der Waals surface area contributed by atoms with Crippen molar-refractivity contribution in [3.63, 3.8) is 0 Å². The summed E-state index contributed by atoms with van der Waals surface area (Å²) in [5, 5.41) is 6.85. The molecule has 0 atom stereocenters. The fraction of sp³-hybridized carbons (Fsp3) is 0.667. The van der Waals surface area contributed by atoms with Gasteiger partial charge in [-0.1, -0.05) is 27.7 Å². The molecular weight excluding hydrogens is 216 g/mol. The van der Waals surface area contributed by atoms with Gasteiger partial charge in [-0.3, -0.25) is 9.48 Å². The van der Waals surface area contributed by atoms with E-state index < -0.39 is 0 Å². The Balaban J connectivity index is 2.84. The zero-order valence-electron chi connectivity index (χ0n) is 11.2. The van der Waals surface area contributed by atoms with Crippen LogP contribution in [0.25, 0.3) is 0 Å². The second-order valence-corrected chi connectivity index (χ2v) is 5.08. The van der Waals surface area contributed by atoms with Gasteiger partial charge in [-0.15, -0.1) is 0 Å². The third kappa shape index (κ3) is 2.99. The van der Waals surface area contributed by atoms with Crippen LogP contribution in [0, 0.1) is 17.8 Å². The summed E-state index contributed by atoms with van der Waals surface area (Å²) in [5.74, 6) is 1.14. The number of carbonyl (C=O) groups excluding carboxylic acids is 1. The molecule has 1 rings (SSSR count). The van der Waals surface area contributed by atoms with E-state index in [0.717, 1.165) is 0 Å². The summed E-state index contributed by atoms with van der Waals surface area (Å²) in [6, 6.07) is 0. The standard InChI is InChI=1S/C12H22N4O/c1-7(2)10(8(3)4)12(17)15-11-9(13)6-14-16(11)5/h6-8,10H,13H2,1-5H3,(H,15,17). The average molecular weight is 238 g/mol. The Morgan fingerprint density at radius 1 is 1.35 bits per heavy atom. The summed E-state index contributed by atoms with van der Waals surface area (Å²) in [6.45, 7) is 8.21. The molecule has 1 heterocycles. The van der Waals surface area contributed by atoms with E-state index in [9.17, 15) is 4.79 Å². The highest BCUT2D eigenvalue weighted by Gasteiger charge is 2.26. The van der Waals surface area contributed by atoms with Crippen LogP contribution in [-0.4, -0.2) is 15.7 Å². The van der Waals surface area contributed by atoms with Crippen molar-refractivity contribution < 1.29 is 4.79 Å². The Morgan fingerprint density at radius 2 is 1.88 bits per heavy atom. The van der Waals surface area contributed by atoms with Gasteiger partial charge >= 0.3 is 0 Å². The van der Waals surface area contributed by atoms with Crippen molar-refractivity contribution in [2.75, 3.05) is 11.1 Å². The van der Waals surface area contributed by atoms with Gasteiger partial charge in [0.1, 0.15) is 0 Å². The number of nitrogens with one attached hydrogen (secondary N) is 1. The van der Waals surface area contributed by atoms with Gasteiger partial charge in [0.15, 0.2) is 5.82 Å². The lowest BCUT2D eigenvalue weighted by atomic mass is 9.85. The lowest BCUT2D eigenvalue weighted by Gasteiger charge is -2.23. The fourth-order valence-corrected chi connectivity index (χ4v) is 2.18. The van der Waals surface area contributed by atoms with Gasteiger partial charge in [0.25, 0.3) is 0 Å². The van der Waals surface area contributed by atoms with Crippen LogP contribution in [0.5, 0.6) is 0 Å². The normalized spacial score (nSPS) is 11.5. The number of hydrogen-bond acceptors (Lipinski definition) is 3. The van der Waals surface area contributed by atoms with Crippen molar-refractivity contribution in [2.24, 2.45) is 24.8 Å². The summed E-state index contributed by atoms with van der Waals surface area (Å²) in [7, 11) is 1.76. The van der Waals surface area contributed by atoms with E-state index in [4.69, 9.17) is 5.73 Å². The second kappa shape index (κ2) is 5.21. The quantitative estimate of drug-likeness (QED) is 0.841. The molecule has 0 unspecified atom stereocenters. The van der Waals surface area contributed by atoms with E-state index in [-0.39, 0.29) is 11.8 Å². The van der Waals surface area contributed by atoms with Crippen LogP contribution in [0.15, 0.2) is 6.20 Å². The maximum Gasteiger partial charge on any atom is 0.229 e. The number of hydrogen-bond donors (Lipinski definition) is 2. The smallest absolute Gasteiger partial charge is 0.229 e. The number of aromatic nitrogens is 2. The van der Waals surface area contributed by atoms with Crippen molar-refractivity contribution in [1.82, 2.24) is 9.78 Å². The minimum atomic E-state index is -0.0238. The van der Waals surface area contributed by atoms with Gasteiger partial charge in [-0.25, -0.2) is 0 Å². The zero-order valence-corrected chi connectivity index (χ0v) is 11.2. The van der Waals surface area contributed by atoms with Crippen molar-refractivity contribution in [3.05, 3.63) is 6.20 Å². The SMILES string of the molecule is CC(C)C(C(=O)Nc1c(N)cnn1C)C(C)C. The molecule has 0 spiro atoms. The molecule has 0 aromatic carbocycles. The predicted molar refractivity (Wildman–Crippen MR) is 69.4 cm³/mol. The average Bonchev–Trinajstić information content (AvgIpc) is 2.48. The summed E-state index contributed by atoms with van der Waals surface area (Å²) in [5.41, 5.74) is 6.24. The number of nitrogen functional groups attached to an aromatic ring is 1. The Morgan fingerprint density at radius 3 is 2.24 bits per heavy atom. The molecule has 0 saturated heterocycles. The van der Waals surface area contributed by atoms with E-state index in [0.29, 0.717) is 23.3 Å². The van der Waals surface area contributed by atoms with Gasteiger partial charge in [0, 0.05) is 13.0 Å². The van der Waals surface area contributed by atoms with E-state index in [2.05, 4.69) is 38.1 Å². The first kappa shape index (κ1) is 13.5. The molecule has 0 fully saturated rings. The molecule has 0 saturated carbocycles. The molecule has 1 aromatic heterocycles. The minimum absolute atomic E-state index is 0.00491. The molecule has 1 amide bonds. The van der Waals surface area contributed by atoms with E-state index in [1.807, 2.05) is 0 Å². The monoisotopic (exact) mass is 238 g/mol. The van der Waals surface area contributed by atoms with Crippen LogP contribution in [0.4, 0.5) is 11.5 Å². The molecule has 0 aliphatic rings. The van der Waals surface area contributed by atoms with Crippen molar-refractivity contribution in [2.45, 2.75) is 27.7 Å². The molecule has 0 bridgehead atoms. The summed E-state index contributed by atoms with van der Waals surface area (Å²) < 4.78 is 1.57. The molecule has 96 valence electrons. The maximum absolute atomic E-state index is 12.2. The fourth-order valence-electron chi connectivity index (χ4n) is 2.18. The Hall–Kier alpha value is -1.52. The van der Waals surface area contributed by atoms with Crippen molar-refractivity contribution in [1.29, 1.82) is 0 Å². The molecule has 17 heavy (non-hydrogen) atoms. The molecule has 0 radical (unpaired) electrons. The second-order valence-electron chi connectivity index (χ2n) is 5.08. The third-order valence-electron chi connectivity index (χ3n) is 2.95. The van der Waals surface area contributed by atoms with Crippen LogP contribution in [-0.2, 0) is 11.8 Å². The van der Waals surface area contributed by atoms with Gasteiger partial charge < -0.3 is 11.1 Å². The minimum Gasteiger partial charge on any atom is -0.394 e. The van der Waals surface area contributed by atoms with Gasteiger partial charge in [0.05, 0.1) is 11.9 Å². The topological polar surface area (TPSA) is 72.9 Å². The van der Waals surface area contributed by atoms with Gasteiger partial charge in [-0.2, -0.15) is 5.10 Å². The van der Waals surface area contributed by atoms with E-state index >= 15 is 0 Å². The van der Waals surface area contributed by atoms with Gasteiger partial charge in [0.2, 0.25) is 5.91 Å². The number of carbonyl (C=O) groups is 1. The van der Waals surface area contributed by atoms with Crippen LogP contribution < -0.4 is 11.1 Å². The van der Waals surface area contributed by atoms with Crippen LogP contribution in [0.2, 0.25) is 0 Å². The van der Waals surface area contributed by atoms with Crippen LogP contribution >= 0.6 is 0 Å². The molecule has 0 aliphatic carbocycles. The lowest BCUT2D eigenvalue weighted by molar-refractivity contribution is -0.122. The Labute approximate surface area is 102 Å². The molecule has 0 aliphatic heterocycles. The molecule has 1 aromatic rings. The zero-order chi connectivity index (χ0) is 13.2. The van der Waals surface area contributed by atoms with E-state index in [1.54, 1.807) is 11.7 Å². The highest BCUT2D eigenvalue weighted by atomic mass is 16.2.